The highest BCUT2D eigenvalue weighted by atomic mass is 32.1. The molecule has 0 aliphatic heterocycles. The van der Waals surface area contributed by atoms with E-state index in [0.717, 1.165) is 20.8 Å². The smallest absolute Gasteiger partial charge is 0.252 e. The molecule has 4 rings (SSSR count). The Morgan fingerprint density at radius 1 is 1.03 bits per heavy atom. The summed E-state index contributed by atoms with van der Waals surface area (Å²) in [5, 5.41) is 6.54. The van der Waals surface area contributed by atoms with Crippen LogP contribution in [0.4, 0.5) is 0 Å². The third kappa shape index (κ3) is 4.73. The molecular weight excluding hydrogens is 422 g/mol. The number of hydrogen-bond donors (Lipinski definition) is 2. The Hall–Kier alpha value is -3.45. The summed E-state index contributed by atoms with van der Waals surface area (Å²) in [5.41, 5.74) is 2.37. The number of nitrogens with one attached hydrogen (secondary N) is 2. The maximum absolute atomic E-state index is 12.8. The molecule has 4 aromatic rings. The molecule has 6 nitrogen and oxygen atoms in total. The monoisotopic (exact) mass is 447 g/mol. The lowest BCUT2D eigenvalue weighted by Gasteiger charge is -2.22. The van der Waals surface area contributed by atoms with Crippen LogP contribution in [-0.2, 0) is 11.3 Å². The molecule has 2 aromatic carbocycles. The molecule has 1 atom stereocenters. The van der Waals surface area contributed by atoms with Gasteiger partial charge in [-0.1, -0.05) is 44.2 Å². The van der Waals surface area contributed by atoms with Crippen molar-refractivity contribution < 1.29 is 14.0 Å². The van der Waals surface area contributed by atoms with Gasteiger partial charge in [0.15, 0.2) is 10.8 Å². The van der Waals surface area contributed by atoms with Crippen molar-refractivity contribution in [1.29, 1.82) is 0 Å². The Morgan fingerprint density at radius 3 is 2.53 bits per heavy atom. The lowest BCUT2D eigenvalue weighted by Crippen LogP contribution is -2.49. The summed E-state index contributed by atoms with van der Waals surface area (Å²) < 4.78 is 7.00. The second-order valence-electron chi connectivity index (χ2n) is 7.98. The molecular formula is C25H25N3O3S. The van der Waals surface area contributed by atoms with Gasteiger partial charge in [0.05, 0.1) is 16.8 Å². The van der Waals surface area contributed by atoms with Crippen LogP contribution in [0.2, 0.25) is 0 Å². The molecule has 2 N–H and O–H groups in total. The average Bonchev–Trinajstić information content (AvgIpc) is 3.42. The summed E-state index contributed by atoms with van der Waals surface area (Å²) in [7, 11) is 0. The summed E-state index contributed by atoms with van der Waals surface area (Å²) in [6, 6.07) is 18.3. The molecule has 0 fully saturated rings. The van der Waals surface area contributed by atoms with Crippen LogP contribution in [-0.4, -0.2) is 22.8 Å². The Balaban J connectivity index is 1.40. The van der Waals surface area contributed by atoms with E-state index in [9.17, 15) is 9.59 Å². The van der Waals surface area contributed by atoms with Crippen molar-refractivity contribution in [3.8, 4) is 10.8 Å². The van der Waals surface area contributed by atoms with Crippen LogP contribution in [0.25, 0.3) is 21.0 Å². The highest BCUT2D eigenvalue weighted by Gasteiger charge is 2.25. The normalized spacial score (nSPS) is 12.1. The summed E-state index contributed by atoms with van der Waals surface area (Å²) >= 11 is 1.56. The molecule has 7 heteroatoms. The van der Waals surface area contributed by atoms with Gasteiger partial charge in [0.1, 0.15) is 11.8 Å². The number of aromatic nitrogens is 1. The number of para-hydroxylation sites is 1. The number of carbonyl (C=O) groups excluding carboxylic acids is 2. The minimum Gasteiger partial charge on any atom is -0.457 e. The van der Waals surface area contributed by atoms with Crippen LogP contribution in [0.1, 0.15) is 35.5 Å². The highest BCUT2D eigenvalue weighted by Crippen LogP contribution is 2.31. The van der Waals surface area contributed by atoms with E-state index in [1.807, 2.05) is 75.4 Å². The maximum Gasteiger partial charge on any atom is 0.252 e. The van der Waals surface area contributed by atoms with E-state index in [1.165, 1.54) is 0 Å². The average molecular weight is 448 g/mol. The van der Waals surface area contributed by atoms with Crippen molar-refractivity contribution in [2.45, 2.75) is 33.4 Å². The molecule has 2 amide bonds. The fourth-order valence-electron chi connectivity index (χ4n) is 3.43. The summed E-state index contributed by atoms with van der Waals surface area (Å²) in [6.45, 7) is 5.91. The number of hydrogen-bond acceptors (Lipinski definition) is 5. The first-order valence-corrected chi connectivity index (χ1v) is 11.3. The topological polar surface area (TPSA) is 84.2 Å². The van der Waals surface area contributed by atoms with Gasteiger partial charge in [0, 0.05) is 5.56 Å². The van der Waals surface area contributed by atoms with Gasteiger partial charge < -0.3 is 15.1 Å². The number of thiazole rings is 1. The molecule has 0 spiro atoms. The molecule has 0 saturated heterocycles. The predicted octanol–water partition coefficient (Wildman–Crippen LogP) is 4.94. The van der Waals surface area contributed by atoms with Crippen molar-refractivity contribution in [3.05, 3.63) is 77.6 Å². The SMILES string of the molecule is Cc1ccccc1C(=O)NC(C(=O)NCc1ccc(-c2nc3ccccc3s2)o1)C(C)C. The van der Waals surface area contributed by atoms with Crippen LogP contribution >= 0.6 is 11.3 Å². The zero-order valence-electron chi connectivity index (χ0n) is 18.2. The first-order chi connectivity index (χ1) is 15.4. The van der Waals surface area contributed by atoms with Gasteiger partial charge in [-0.2, -0.15) is 0 Å². The third-order valence-corrected chi connectivity index (χ3v) is 6.28. The Bertz CT molecular complexity index is 1230. The number of amides is 2. The molecule has 0 bridgehead atoms. The van der Waals surface area contributed by atoms with E-state index in [0.29, 0.717) is 17.1 Å². The first kappa shape index (κ1) is 21.8. The minimum atomic E-state index is -0.652. The standard InChI is InChI=1S/C25H25N3O3S/c1-15(2)22(28-23(29)18-9-5-4-8-16(18)3)24(30)26-14-17-12-13-20(31-17)25-27-19-10-6-7-11-21(19)32-25/h4-13,15,22H,14H2,1-3H3,(H,26,30)(H,28,29). The van der Waals surface area contributed by atoms with Crippen molar-refractivity contribution in [2.24, 2.45) is 5.92 Å². The number of furan rings is 1. The Morgan fingerprint density at radius 2 is 1.78 bits per heavy atom. The van der Waals surface area contributed by atoms with Crippen LogP contribution in [0.15, 0.2) is 65.1 Å². The van der Waals surface area contributed by atoms with Gasteiger partial charge >= 0.3 is 0 Å². The Labute approximate surface area is 190 Å². The van der Waals surface area contributed by atoms with Crippen molar-refractivity contribution in [3.63, 3.8) is 0 Å². The zero-order valence-corrected chi connectivity index (χ0v) is 19.0. The molecule has 32 heavy (non-hydrogen) atoms. The van der Waals surface area contributed by atoms with Gasteiger partial charge in [-0.05, 0) is 48.7 Å². The van der Waals surface area contributed by atoms with E-state index in [4.69, 9.17) is 4.42 Å². The number of fused-ring (bicyclic) bond motifs is 1. The van der Waals surface area contributed by atoms with Crippen molar-refractivity contribution >= 4 is 33.4 Å². The minimum absolute atomic E-state index is 0.0714. The fraction of sp³-hybridized carbons (Fsp3) is 0.240. The number of carbonyl (C=O) groups is 2. The molecule has 1 unspecified atom stereocenters. The van der Waals surface area contributed by atoms with E-state index in [2.05, 4.69) is 15.6 Å². The fourth-order valence-corrected chi connectivity index (χ4v) is 4.36. The molecule has 164 valence electrons. The maximum atomic E-state index is 12.8. The van der Waals surface area contributed by atoms with Crippen LogP contribution < -0.4 is 10.6 Å². The number of aryl methyl sites for hydroxylation is 1. The third-order valence-electron chi connectivity index (χ3n) is 5.23. The summed E-state index contributed by atoms with van der Waals surface area (Å²) in [5.74, 6) is 0.717. The summed E-state index contributed by atoms with van der Waals surface area (Å²) in [6.07, 6.45) is 0. The largest absolute Gasteiger partial charge is 0.457 e. The van der Waals surface area contributed by atoms with E-state index in [1.54, 1.807) is 17.4 Å². The van der Waals surface area contributed by atoms with Gasteiger partial charge in [0.25, 0.3) is 5.91 Å². The van der Waals surface area contributed by atoms with E-state index >= 15 is 0 Å². The predicted molar refractivity (Wildman–Crippen MR) is 126 cm³/mol. The highest BCUT2D eigenvalue weighted by molar-refractivity contribution is 7.21. The number of rotatable bonds is 7. The lowest BCUT2D eigenvalue weighted by atomic mass is 10.0. The number of nitrogens with zero attached hydrogens (tertiary/aromatic N) is 1. The molecule has 2 heterocycles. The molecule has 0 aliphatic carbocycles. The van der Waals surface area contributed by atoms with Crippen molar-refractivity contribution in [1.82, 2.24) is 15.6 Å². The van der Waals surface area contributed by atoms with Gasteiger partial charge in [0.2, 0.25) is 5.91 Å². The first-order valence-electron chi connectivity index (χ1n) is 10.5. The number of benzene rings is 2. The van der Waals surface area contributed by atoms with Gasteiger partial charge in [-0.15, -0.1) is 11.3 Å². The molecule has 0 saturated carbocycles. The van der Waals surface area contributed by atoms with Crippen LogP contribution in [0.3, 0.4) is 0 Å². The van der Waals surface area contributed by atoms with Gasteiger partial charge in [-0.25, -0.2) is 4.98 Å². The lowest BCUT2D eigenvalue weighted by molar-refractivity contribution is -0.124. The molecule has 2 aromatic heterocycles. The second-order valence-corrected chi connectivity index (χ2v) is 9.01. The zero-order chi connectivity index (χ0) is 22.7. The van der Waals surface area contributed by atoms with Crippen LogP contribution in [0.5, 0.6) is 0 Å². The molecule has 0 radical (unpaired) electrons. The Kier molecular flexibility index (Phi) is 6.37. The van der Waals surface area contributed by atoms with Gasteiger partial charge in [-0.3, -0.25) is 9.59 Å². The second kappa shape index (κ2) is 9.36. The molecule has 0 aliphatic rings. The summed E-state index contributed by atoms with van der Waals surface area (Å²) in [4.78, 5) is 30.1. The quantitative estimate of drug-likeness (QED) is 0.420. The van der Waals surface area contributed by atoms with E-state index in [-0.39, 0.29) is 24.3 Å². The van der Waals surface area contributed by atoms with E-state index < -0.39 is 6.04 Å². The van der Waals surface area contributed by atoms with Crippen LogP contribution in [0, 0.1) is 12.8 Å². The van der Waals surface area contributed by atoms with Crippen molar-refractivity contribution in [2.75, 3.05) is 0 Å².